The highest BCUT2D eigenvalue weighted by molar-refractivity contribution is 5.75. The first-order valence-corrected chi connectivity index (χ1v) is 16.2. The first-order valence-electron chi connectivity index (χ1n) is 16.2. The molecule has 0 aromatic heterocycles. The van der Waals surface area contributed by atoms with Crippen LogP contribution in [0.3, 0.4) is 0 Å². The number of hydrogen-bond donors (Lipinski definition) is 0. The molecule has 0 bridgehead atoms. The van der Waals surface area contributed by atoms with E-state index in [-0.39, 0.29) is 5.56 Å². The minimum absolute atomic E-state index is 0.0572. The summed E-state index contributed by atoms with van der Waals surface area (Å²) in [4.78, 5) is 0. The van der Waals surface area contributed by atoms with E-state index in [0.29, 0.717) is 35.5 Å². The molecule has 1 nitrogen and oxygen atoms in total. The summed E-state index contributed by atoms with van der Waals surface area (Å²) in [6.07, 6.45) is 10.8. The van der Waals surface area contributed by atoms with Gasteiger partial charge in [-0.2, -0.15) is 0 Å². The van der Waals surface area contributed by atoms with E-state index in [4.69, 9.17) is 4.74 Å². The van der Waals surface area contributed by atoms with Gasteiger partial charge in [-0.15, -0.1) is 0 Å². The lowest BCUT2D eigenvalue weighted by Gasteiger charge is -2.30. The van der Waals surface area contributed by atoms with Crippen LogP contribution in [0.1, 0.15) is 116 Å². The Bertz CT molecular complexity index is 1250. The summed E-state index contributed by atoms with van der Waals surface area (Å²) < 4.78 is 37.8. The zero-order valence-electron chi connectivity index (χ0n) is 26.2. The van der Waals surface area contributed by atoms with Crippen molar-refractivity contribution in [3.05, 3.63) is 76.9 Å². The summed E-state index contributed by atoms with van der Waals surface area (Å²) in [5.74, 6) is 1.21. The average molecular weight is 561 g/mol. The van der Waals surface area contributed by atoms with Crippen LogP contribution in [-0.4, -0.2) is 6.61 Å². The molecule has 0 aliphatic heterocycles. The predicted molar refractivity (Wildman–Crippen MR) is 170 cm³/mol. The fraction of sp³-hybridized carbons (Fsp3) is 0.526. The van der Waals surface area contributed by atoms with Gasteiger partial charge in [0.25, 0.3) is 0 Å². The number of halogens is 2. The van der Waals surface area contributed by atoms with Gasteiger partial charge in [-0.1, -0.05) is 97.9 Å². The molecule has 0 heterocycles. The van der Waals surface area contributed by atoms with Gasteiger partial charge in [-0.3, -0.25) is 0 Å². The van der Waals surface area contributed by atoms with Crippen molar-refractivity contribution in [1.82, 2.24) is 0 Å². The SMILES string of the molecule is CCc1cc(-c2c(F)cc(-c3ccc(C4CCC(C)CC4)cc3)cc2F)c(CC)cc1OCCC(CC)(CC)CC. The molecule has 3 aromatic carbocycles. The molecule has 0 atom stereocenters. The summed E-state index contributed by atoms with van der Waals surface area (Å²) in [6, 6.07) is 15.3. The third-order valence-electron chi connectivity index (χ3n) is 10.2. The number of ether oxygens (including phenoxy) is 1. The molecular weight excluding hydrogens is 510 g/mol. The molecule has 41 heavy (non-hydrogen) atoms. The van der Waals surface area contributed by atoms with E-state index in [2.05, 4.69) is 46.8 Å². The second-order valence-corrected chi connectivity index (χ2v) is 12.4. The van der Waals surface area contributed by atoms with Crippen molar-refractivity contribution in [3.8, 4) is 28.0 Å². The summed E-state index contributed by atoms with van der Waals surface area (Å²) in [7, 11) is 0. The van der Waals surface area contributed by atoms with E-state index in [0.717, 1.165) is 60.5 Å². The maximum atomic E-state index is 15.7. The van der Waals surface area contributed by atoms with E-state index in [9.17, 15) is 0 Å². The van der Waals surface area contributed by atoms with Crippen molar-refractivity contribution < 1.29 is 13.5 Å². The van der Waals surface area contributed by atoms with Crippen LogP contribution in [0.2, 0.25) is 0 Å². The maximum Gasteiger partial charge on any atom is 0.134 e. The number of benzene rings is 3. The van der Waals surface area contributed by atoms with Crippen LogP contribution in [0.25, 0.3) is 22.3 Å². The second kappa shape index (κ2) is 14.0. The minimum atomic E-state index is -0.519. The van der Waals surface area contributed by atoms with Crippen LogP contribution in [0, 0.1) is 23.0 Å². The molecule has 0 unspecified atom stereocenters. The number of aryl methyl sites for hydroxylation is 2. The zero-order chi connectivity index (χ0) is 29.6. The standard InChI is InChI=1S/C38H50F2O/c1-7-27-25-36(41-21-20-38(9-3,10-4)11-5)28(8-2)22-33(27)37-34(39)23-32(24-35(37)40)31-18-16-30(17-19-31)29-14-12-26(6)13-15-29/h16-19,22-26,29H,7-15,20-21H2,1-6H3. The van der Waals surface area contributed by atoms with Crippen molar-refractivity contribution in [1.29, 1.82) is 0 Å². The lowest BCUT2D eigenvalue weighted by molar-refractivity contribution is 0.173. The van der Waals surface area contributed by atoms with Crippen LogP contribution in [0.15, 0.2) is 48.5 Å². The van der Waals surface area contributed by atoms with Crippen LogP contribution in [0.4, 0.5) is 8.78 Å². The van der Waals surface area contributed by atoms with Crippen LogP contribution in [0.5, 0.6) is 5.75 Å². The summed E-state index contributed by atoms with van der Waals surface area (Å²) in [5.41, 5.74) is 5.65. The van der Waals surface area contributed by atoms with Gasteiger partial charge >= 0.3 is 0 Å². The monoisotopic (exact) mass is 560 g/mol. The predicted octanol–water partition coefficient (Wildman–Crippen LogP) is 11.7. The van der Waals surface area contributed by atoms with Crippen molar-refractivity contribution in [2.24, 2.45) is 11.3 Å². The molecule has 3 aromatic rings. The Hall–Kier alpha value is -2.68. The van der Waals surface area contributed by atoms with Crippen molar-refractivity contribution in [3.63, 3.8) is 0 Å². The van der Waals surface area contributed by atoms with Crippen molar-refractivity contribution in [2.75, 3.05) is 6.61 Å². The molecule has 1 aliphatic rings. The summed E-state index contributed by atoms with van der Waals surface area (Å²) in [5, 5.41) is 0. The minimum Gasteiger partial charge on any atom is -0.493 e. The Morgan fingerprint density at radius 1 is 0.732 bits per heavy atom. The lowest BCUT2D eigenvalue weighted by atomic mass is 9.77. The van der Waals surface area contributed by atoms with Gasteiger partial charge in [0.05, 0.1) is 12.2 Å². The highest BCUT2D eigenvalue weighted by atomic mass is 19.1. The molecule has 1 fully saturated rings. The Balaban J connectivity index is 1.59. The highest BCUT2D eigenvalue weighted by Crippen LogP contribution is 2.39. The molecule has 0 radical (unpaired) electrons. The molecule has 1 aliphatic carbocycles. The van der Waals surface area contributed by atoms with Gasteiger partial charge < -0.3 is 4.74 Å². The van der Waals surface area contributed by atoms with Gasteiger partial charge in [0.1, 0.15) is 17.4 Å². The van der Waals surface area contributed by atoms with Gasteiger partial charge in [0.2, 0.25) is 0 Å². The van der Waals surface area contributed by atoms with Crippen molar-refractivity contribution >= 4 is 0 Å². The summed E-state index contributed by atoms with van der Waals surface area (Å²) in [6.45, 7) is 13.9. The van der Waals surface area contributed by atoms with Crippen LogP contribution >= 0.6 is 0 Å². The molecule has 3 heteroatoms. The van der Waals surface area contributed by atoms with Gasteiger partial charge in [-0.05, 0) is 107 Å². The van der Waals surface area contributed by atoms with E-state index in [1.165, 1.54) is 43.4 Å². The van der Waals surface area contributed by atoms with Gasteiger partial charge in [0.15, 0.2) is 0 Å². The third-order valence-corrected chi connectivity index (χ3v) is 10.2. The summed E-state index contributed by atoms with van der Waals surface area (Å²) >= 11 is 0. The first kappa shape index (κ1) is 31.3. The molecule has 0 spiro atoms. The molecule has 4 rings (SSSR count). The zero-order valence-corrected chi connectivity index (χ0v) is 26.2. The molecule has 0 saturated heterocycles. The molecule has 0 amide bonds. The van der Waals surface area contributed by atoms with E-state index < -0.39 is 11.6 Å². The first-order chi connectivity index (χ1) is 19.8. The fourth-order valence-corrected chi connectivity index (χ4v) is 6.80. The topological polar surface area (TPSA) is 9.23 Å². The van der Waals surface area contributed by atoms with E-state index in [1.54, 1.807) is 0 Å². The lowest BCUT2D eigenvalue weighted by Crippen LogP contribution is -2.21. The van der Waals surface area contributed by atoms with Gasteiger partial charge in [0, 0.05) is 0 Å². The molecule has 222 valence electrons. The largest absolute Gasteiger partial charge is 0.493 e. The Labute approximate surface area is 247 Å². The third kappa shape index (κ3) is 7.04. The molecular formula is C38H50F2O. The van der Waals surface area contributed by atoms with Crippen molar-refractivity contribution in [2.45, 2.75) is 112 Å². The highest BCUT2D eigenvalue weighted by Gasteiger charge is 2.25. The van der Waals surface area contributed by atoms with E-state index in [1.807, 2.05) is 31.2 Å². The van der Waals surface area contributed by atoms with Gasteiger partial charge in [-0.25, -0.2) is 8.78 Å². The maximum absolute atomic E-state index is 15.7. The molecule has 0 N–H and O–H groups in total. The van der Waals surface area contributed by atoms with Crippen LogP contribution < -0.4 is 4.74 Å². The molecule has 1 saturated carbocycles. The number of hydrogen-bond acceptors (Lipinski definition) is 1. The fourth-order valence-electron chi connectivity index (χ4n) is 6.80. The normalized spacial score (nSPS) is 17.6. The van der Waals surface area contributed by atoms with Crippen LogP contribution in [-0.2, 0) is 12.8 Å². The quantitative estimate of drug-likeness (QED) is 0.214. The Morgan fingerprint density at radius 2 is 1.32 bits per heavy atom. The Morgan fingerprint density at radius 3 is 1.85 bits per heavy atom. The average Bonchev–Trinajstić information content (AvgIpc) is 3.00. The van der Waals surface area contributed by atoms with E-state index >= 15 is 8.78 Å². The smallest absolute Gasteiger partial charge is 0.134 e. The second-order valence-electron chi connectivity index (χ2n) is 12.4. The number of rotatable bonds is 12. The Kier molecular flexibility index (Phi) is 10.7.